The van der Waals surface area contributed by atoms with Crippen molar-refractivity contribution in [3.8, 4) is 0 Å². The summed E-state index contributed by atoms with van der Waals surface area (Å²) in [5.41, 5.74) is 3.06. The van der Waals surface area contributed by atoms with E-state index in [0.29, 0.717) is 30.2 Å². The molecule has 1 amide bonds. The van der Waals surface area contributed by atoms with Gasteiger partial charge in [-0.1, -0.05) is 42.5 Å². The summed E-state index contributed by atoms with van der Waals surface area (Å²) in [6.45, 7) is 0.736. The van der Waals surface area contributed by atoms with Gasteiger partial charge >= 0.3 is 0 Å². The maximum atomic E-state index is 12.6. The molecule has 0 aliphatic carbocycles. The zero-order valence-electron chi connectivity index (χ0n) is 18.8. The van der Waals surface area contributed by atoms with Crippen LogP contribution in [-0.4, -0.2) is 14.3 Å². The number of benzene rings is 3. The van der Waals surface area contributed by atoms with E-state index >= 15 is 0 Å². The van der Waals surface area contributed by atoms with Crippen LogP contribution in [0.1, 0.15) is 27.2 Å². The van der Waals surface area contributed by atoms with Crippen molar-refractivity contribution in [2.75, 3.05) is 10.0 Å². The third-order valence-corrected chi connectivity index (χ3v) is 5.94. The van der Waals surface area contributed by atoms with Crippen molar-refractivity contribution < 1.29 is 22.4 Å². The number of carbonyl (C=O) groups is 1. The van der Waals surface area contributed by atoms with Crippen molar-refractivity contribution in [2.24, 2.45) is 0 Å². The van der Waals surface area contributed by atoms with Crippen molar-refractivity contribution in [1.29, 1.82) is 0 Å². The molecule has 0 fully saturated rings. The molecule has 0 saturated carbocycles. The van der Waals surface area contributed by atoms with Crippen LogP contribution in [0.4, 0.5) is 11.4 Å². The Morgan fingerprint density at radius 3 is 2.40 bits per heavy atom. The van der Waals surface area contributed by atoms with E-state index in [0.717, 1.165) is 22.3 Å². The maximum absolute atomic E-state index is 12.6. The second-order valence-electron chi connectivity index (χ2n) is 7.66. The van der Waals surface area contributed by atoms with Crippen LogP contribution < -0.4 is 10.0 Å². The van der Waals surface area contributed by atoms with E-state index in [1.807, 2.05) is 54.6 Å². The highest BCUT2D eigenvalue weighted by molar-refractivity contribution is 7.95. The van der Waals surface area contributed by atoms with Crippen molar-refractivity contribution in [3.05, 3.63) is 125 Å². The van der Waals surface area contributed by atoms with Crippen molar-refractivity contribution in [3.63, 3.8) is 0 Å². The van der Waals surface area contributed by atoms with E-state index in [2.05, 4.69) is 10.0 Å². The largest absolute Gasteiger partial charge is 0.467 e. The zero-order valence-corrected chi connectivity index (χ0v) is 19.6. The predicted molar refractivity (Wildman–Crippen MR) is 136 cm³/mol. The predicted octanol–water partition coefficient (Wildman–Crippen LogP) is 5.66. The van der Waals surface area contributed by atoms with Gasteiger partial charge in [0.2, 0.25) is 0 Å². The summed E-state index contributed by atoms with van der Waals surface area (Å²) in [5, 5.41) is 3.95. The van der Waals surface area contributed by atoms with Gasteiger partial charge in [0.15, 0.2) is 0 Å². The lowest BCUT2D eigenvalue weighted by atomic mass is 10.1. The summed E-state index contributed by atoms with van der Waals surface area (Å²) in [4.78, 5) is 12.6. The van der Waals surface area contributed by atoms with Crippen LogP contribution in [0.25, 0.3) is 6.08 Å². The SMILES string of the molecule is O=C(Nc1cccc(COCc2ccco2)c1)c1ccc(NS(=O)(=O)/C=C/c2ccccc2)cc1. The van der Waals surface area contributed by atoms with Gasteiger partial charge in [-0.25, -0.2) is 8.42 Å². The van der Waals surface area contributed by atoms with Crippen molar-refractivity contribution >= 4 is 33.4 Å². The van der Waals surface area contributed by atoms with E-state index in [1.165, 1.54) is 6.08 Å². The molecule has 8 heteroatoms. The molecule has 0 saturated heterocycles. The van der Waals surface area contributed by atoms with E-state index in [4.69, 9.17) is 9.15 Å². The molecule has 4 rings (SSSR count). The number of carbonyl (C=O) groups excluding carboxylic acids is 1. The normalized spacial score (nSPS) is 11.4. The maximum Gasteiger partial charge on any atom is 0.255 e. The number of ether oxygens (including phenoxy) is 1. The molecule has 0 radical (unpaired) electrons. The first-order valence-corrected chi connectivity index (χ1v) is 12.4. The molecule has 0 unspecified atom stereocenters. The lowest BCUT2D eigenvalue weighted by molar-refractivity contribution is 0.0929. The van der Waals surface area contributed by atoms with E-state index < -0.39 is 10.0 Å². The van der Waals surface area contributed by atoms with Crippen LogP contribution in [0, 0.1) is 0 Å². The topological polar surface area (TPSA) is 97.6 Å². The minimum absolute atomic E-state index is 0.308. The second-order valence-corrected chi connectivity index (χ2v) is 9.23. The van der Waals surface area contributed by atoms with Gasteiger partial charge < -0.3 is 14.5 Å². The van der Waals surface area contributed by atoms with Crippen molar-refractivity contribution in [2.45, 2.75) is 13.2 Å². The van der Waals surface area contributed by atoms with Gasteiger partial charge in [-0.15, -0.1) is 0 Å². The van der Waals surface area contributed by atoms with E-state index in [9.17, 15) is 13.2 Å². The zero-order chi connectivity index (χ0) is 24.5. The fourth-order valence-corrected chi connectivity index (χ4v) is 4.10. The standard InChI is InChI=1S/C27H24N2O5S/c30-27(28-25-9-4-8-22(18-25)19-33-20-26-10-5-16-34-26)23-11-13-24(14-12-23)29-35(31,32)17-15-21-6-2-1-3-7-21/h1-18,29H,19-20H2,(H,28,30)/b17-15+. The molecule has 7 nitrogen and oxygen atoms in total. The molecular weight excluding hydrogens is 464 g/mol. The number of rotatable bonds is 10. The number of hydrogen-bond donors (Lipinski definition) is 2. The summed E-state index contributed by atoms with van der Waals surface area (Å²) >= 11 is 0. The van der Waals surface area contributed by atoms with Gasteiger partial charge in [0, 0.05) is 16.9 Å². The molecule has 0 aliphatic heterocycles. The number of amides is 1. The molecule has 0 bridgehead atoms. The molecule has 35 heavy (non-hydrogen) atoms. The third-order valence-electron chi connectivity index (χ3n) is 4.92. The summed E-state index contributed by atoms with van der Waals surface area (Å²) < 4.78 is 38.0. The number of nitrogens with one attached hydrogen (secondary N) is 2. The molecular formula is C27H24N2O5S. The summed E-state index contributed by atoms with van der Waals surface area (Å²) in [6, 6.07) is 26.4. The Hall–Kier alpha value is -4.14. The molecule has 1 heterocycles. The first-order valence-electron chi connectivity index (χ1n) is 10.8. The van der Waals surface area contributed by atoms with Crippen LogP contribution in [0.5, 0.6) is 0 Å². The van der Waals surface area contributed by atoms with Gasteiger partial charge in [-0.2, -0.15) is 0 Å². The lowest BCUT2D eigenvalue weighted by Gasteiger charge is -2.09. The smallest absolute Gasteiger partial charge is 0.255 e. The lowest BCUT2D eigenvalue weighted by Crippen LogP contribution is -2.13. The minimum atomic E-state index is -3.69. The Balaban J connectivity index is 1.32. The number of anilines is 2. The van der Waals surface area contributed by atoms with Gasteiger partial charge in [0.25, 0.3) is 15.9 Å². The summed E-state index contributed by atoms with van der Waals surface area (Å²) in [7, 11) is -3.69. The van der Waals surface area contributed by atoms with Crippen molar-refractivity contribution in [1.82, 2.24) is 0 Å². The van der Waals surface area contributed by atoms with Gasteiger partial charge in [0.1, 0.15) is 12.4 Å². The number of hydrogen-bond acceptors (Lipinski definition) is 5. The highest BCUT2D eigenvalue weighted by Gasteiger charge is 2.09. The first kappa shape index (κ1) is 24.0. The Morgan fingerprint density at radius 2 is 1.66 bits per heavy atom. The molecule has 3 aromatic carbocycles. The van der Waals surface area contributed by atoms with Crippen LogP contribution >= 0.6 is 0 Å². The van der Waals surface area contributed by atoms with Gasteiger partial charge in [-0.3, -0.25) is 9.52 Å². The molecule has 0 aliphatic rings. The quantitative estimate of drug-likeness (QED) is 0.300. The van der Waals surface area contributed by atoms with Crippen LogP contribution in [-0.2, 0) is 28.0 Å². The minimum Gasteiger partial charge on any atom is -0.467 e. The van der Waals surface area contributed by atoms with Gasteiger partial charge in [0.05, 0.1) is 18.3 Å². The molecule has 4 aromatic rings. The summed E-state index contributed by atoms with van der Waals surface area (Å²) in [5.74, 6) is 0.435. The van der Waals surface area contributed by atoms with E-state index in [-0.39, 0.29) is 5.91 Å². The van der Waals surface area contributed by atoms with Crippen LogP contribution in [0.3, 0.4) is 0 Å². The highest BCUT2D eigenvalue weighted by atomic mass is 32.2. The fourth-order valence-electron chi connectivity index (χ4n) is 3.23. The molecule has 178 valence electrons. The average Bonchev–Trinajstić information content (AvgIpc) is 3.38. The molecule has 1 aromatic heterocycles. The molecule has 0 atom stereocenters. The Morgan fingerprint density at radius 1 is 0.857 bits per heavy atom. The number of furan rings is 1. The number of sulfonamides is 1. The van der Waals surface area contributed by atoms with E-state index in [1.54, 1.807) is 42.7 Å². The summed E-state index contributed by atoms with van der Waals surface area (Å²) in [6.07, 6.45) is 3.11. The van der Waals surface area contributed by atoms with Crippen LogP contribution in [0.15, 0.2) is 107 Å². The monoisotopic (exact) mass is 488 g/mol. The molecule has 0 spiro atoms. The van der Waals surface area contributed by atoms with Gasteiger partial charge in [-0.05, 0) is 65.7 Å². The Kier molecular flexibility index (Phi) is 7.77. The first-order chi connectivity index (χ1) is 17.0. The average molecular weight is 489 g/mol. The Bertz CT molecular complexity index is 1380. The third kappa shape index (κ3) is 7.43. The van der Waals surface area contributed by atoms with Crippen LogP contribution in [0.2, 0.25) is 0 Å². The molecule has 2 N–H and O–H groups in total. The fraction of sp³-hybridized carbons (Fsp3) is 0.0741. The Labute approximate surface area is 204 Å². The highest BCUT2D eigenvalue weighted by Crippen LogP contribution is 2.17. The second kappa shape index (κ2) is 11.3.